The second-order valence-corrected chi connectivity index (χ2v) is 4.48. The van der Waals surface area contributed by atoms with Gasteiger partial charge in [-0.3, -0.25) is 4.79 Å². The third-order valence-corrected chi connectivity index (χ3v) is 3.63. The smallest absolute Gasteiger partial charge is 0.161 e. The first-order valence-electron chi connectivity index (χ1n) is 4.25. The number of allylic oxidation sites excluding steroid dienone is 1. The molecule has 3 aliphatic rings. The lowest BCUT2D eigenvalue weighted by Gasteiger charge is -2.55. The van der Waals surface area contributed by atoms with Crippen molar-refractivity contribution >= 4 is 5.78 Å². The van der Waals surface area contributed by atoms with Gasteiger partial charge in [0.05, 0.1) is 0 Å². The summed E-state index contributed by atoms with van der Waals surface area (Å²) in [6.45, 7) is 8.20. The van der Waals surface area contributed by atoms with E-state index in [0.29, 0.717) is 11.7 Å². The van der Waals surface area contributed by atoms with Crippen molar-refractivity contribution in [2.75, 3.05) is 0 Å². The Morgan fingerprint density at radius 3 is 2.55 bits per heavy atom. The van der Waals surface area contributed by atoms with Gasteiger partial charge in [0.25, 0.3) is 0 Å². The van der Waals surface area contributed by atoms with Crippen LogP contribution in [-0.2, 0) is 4.79 Å². The van der Waals surface area contributed by atoms with E-state index < -0.39 is 0 Å². The van der Waals surface area contributed by atoms with Gasteiger partial charge in [0, 0.05) is 5.92 Å². The van der Waals surface area contributed by atoms with Crippen molar-refractivity contribution in [1.82, 2.24) is 0 Å². The molecule has 0 saturated heterocycles. The summed E-state index contributed by atoms with van der Waals surface area (Å²) < 4.78 is 0. The minimum Gasteiger partial charge on any atom is -0.294 e. The Morgan fingerprint density at radius 1 is 1.55 bits per heavy atom. The molecule has 2 bridgehead atoms. The molecule has 2 unspecified atom stereocenters. The maximum absolute atomic E-state index is 11.5. The van der Waals surface area contributed by atoms with E-state index in [0.717, 1.165) is 24.3 Å². The Labute approximate surface area is 67.5 Å². The predicted octanol–water partition coefficient (Wildman–Crippen LogP) is 2.18. The highest BCUT2D eigenvalue weighted by Crippen LogP contribution is 2.58. The summed E-state index contributed by atoms with van der Waals surface area (Å²) >= 11 is 0. The third kappa shape index (κ3) is 0.688. The van der Waals surface area contributed by atoms with Gasteiger partial charge in [0.2, 0.25) is 0 Å². The van der Waals surface area contributed by atoms with E-state index in [1.54, 1.807) is 0 Å². The van der Waals surface area contributed by atoms with Gasteiger partial charge in [-0.2, -0.15) is 0 Å². The number of rotatable bonds is 0. The van der Waals surface area contributed by atoms with Crippen LogP contribution in [0.25, 0.3) is 0 Å². The molecule has 2 atom stereocenters. The molecule has 0 aromatic rings. The molecule has 3 fully saturated rings. The summed E-state index contributed by atoms with van der Waals surface area (Å²) in [4.78, 5) is 11.5. The fourth-order valence-electron chi connectivity index (χ4n) is 2.45. The summed E-state index contributed by atoms with van der Waals surface area (Å²) in [5, 5.41) is 0. The maximum atomic E-state index is 11.5. The van der Waals surface area contributed by atoms with E-state index in [2.05, 4.69) is 20.4 Å². The van der Waals surface area contributed by atoms with Crippen molar-refractivity contribution in [3.8, 4) is 0 Å². The van der Waals surface area contributed by atoms with E-state index in [1.165, 1.54) is 0 Å². The Morgan fingerprint density at radius 2 is 2.18 bits per heavy atom. The first-order chi connectivity index (χ1) is 5.03. The van der Waals surface area contributed by atoms with E-state index in [4.69, 9.17) is 0 Å². The minimum absolute atomic E-state index is 0.276. The predicted molar refractivity (Wildman–Crippen MR) is 44.1 cm³/mol. The molecule has 0 aliphatic heterocycles. The maximum Gasteiger partial charge on any atom is 0.161 e. The summed E-state index contributed by atoms with van der Waals surface area (Å²) in [6.07, 6.45) is 2.06. The normalized spacial score (nSPS) is 40.2. The van der Waals surface area contributed by atoms with Crippen LogP contribution in [0.4, 0.5) is 0 Å². The van der Waals surface area contributed by atoms with Crippen LogP contribution in [0.3, 0.4) is 0 Å². The lowest BCUT2D eigenvalue weighted by Crippen LogP contribution is -2.53. The van der Waals surface area contributed by atoms with Crippen LogP contribution in [0.5, 0.6) is 0 Å². The zero-order valence-corrected chi connectivity index (χ0v) is 7.18. The summed E-state index contributed by atoms with van der Waals surface area (Å²) in [5.41, 5.74) is 1.14. The lowest BCUT2D eigenvalue weighted by molar-refractivity contribution is -0.140. The van der Waals surface area contributed by atoms with Crippen LogP contribution >= 0.6 is 0 Å². The number of hydrogen-bond donors (Lipinski definition) is 0. The molecule has 0 N–H and O–H groups in total. The molecule has 1 nitrogen and oxygen atoms in total. The molecule has 3 saturated carbocycles. The Balaban J connectivity index is 2.30. The molecule has 0 spiro atoms. The summed E-state index contributed by atoms with van der Waals surface area (Å²) in [5.74, 6) is 1.36. The molecule has 60 valence electrons. The van der Waals surface area contributed by atoms with E-state index in [1.807, 2.05) is 0 Å². The molecule has 0 aromatic carbocycles. The zero-order chi connectivity index (χ0) is 8.22. The van der Waals surface area contributed by atoms with Gasteiger partial charge < -0.3 is 0 Å². The number of Topliss-reactive ketones (excluding diaryl/α,β-unsaturated/α-hetero) is 1. The van der Waals surface area contributed by atoms with Crippen molar-refractivity contribution in [2.45, 2.75) is 26.7 Å². The fourth-order valence-corrected chi connectivity index (χ4v) is 2.45. The molecule has 0 amide bonds. The zero-order valence-electron chi connectivity index (χ0n) is 7.18. The number of carbonyl (C=O) groups excluding carboxylic acids is 1. The van der Waals surface area contributed by atoms with Gasteiger partial charge in [-0.25, -0.2) is 0 Å². The van der Waals surface area contributed by atoms with E-state index >= 15 is 0 Å². The molecule has 1 heteroatoms. The highest BCUT2D eigenvalue weighted by molar-refractivity contribution is 5.99. The topological polar surface area (TPSA) is 17.1 Å². The van der Waals surface area contributed by atoms with Crippen LogP contribution < -0.4 is 0 Å². The molecule has 3 aliphatic carbocycles. The van der Waals surface area contributed by atoms with Gasteiger partial charge in [-0.05, 0) is 29.7 Å². The van der Waals surface area contributed by atoms with Crippen LogP contribution in [-0.4, -0.2) is 5.78 Å². The summed E-state index contributed by atoms with van der Waals surface area (Å²) in [7, 11) is 0. The van der Waals surface area contributed by atoms with Crippen molar-refractivity contribution in [3.63, 3.8) is 0 Å². The SMILES string of the molecule is C=C1CC2CC(C1=O)C2(C)C. The van der Waals surface area contributed by atoms with Crippen LogP contribution in [0.15, 0.2) is 12.2 Å². The molecule has 11 heavy (non-hydrogen) atoms. The number of carbonyl (C=O) groups is 1. The minimum atomic E-state index is 0.276. The molecule has 3 rings (SSSR count). The standard InChI is InChI=1S/C10H14O/c1-6-4-7-5-8(9(6)11)10(7,2)3/h7-8H,1,4-5H2,2-3H3. The lowest BCUT2D eigenvalue weighted by atomic mass is 9.47. The van der Waals surface area contributed by atoms with Crippen molar-refractivity contribution < 1.29 is 4.79 Å². The van der Waals surface area contributed by atoms with Crippen LogP contribution in [0.2, 0.25) is 0 Å². The largest absolute Gasteiger partial charge is 0.294 e. The van der Waals surface area contributed by atoms with Crippen molar-refractivity contribution in [3.05, 3.63) is 12.2 Å². The van der Waals surface area contributed by atoms with Gasteiger partial charge >= 0.3 is 0 Å². The highest BCUT2D eigenvalue weighted by Gasteiger charge is 2.55. The highest BCUT2D eigenvalue weighted by atomic mass is 16.1. The number of hydrogen-bond acceptors (Lipinski definition) is 1. The molecule has 0 heterocycles. The number of ketones is 1. The van der Waals surface area contributed by atoms with E-state index in [9.17, 15) is 4.79 Å². The second kappa shape index (κ2) is 1.77. The quantitative estimate of drug-likeness (QED) is 0.484. The molecular weight excluding hydrogens is 136 g/mol. The van der Waals surface area contributed by atoms with E-state index in [-0.39, 0.29) is 5.41 Å². The van der Waals surface area contributed by atoms with Crippen LogP contribution in [0, 0.1) is 17.3 Å². The van der Waals surface area contributed by atoms with Gasteiger partial charge in [0.1, 0.15) is 0 Å². The van der Waals surface area contributed by atoms with Gasteiger partial charge in [-0.15, -0.1) is 0 Å². The van der Waals surface area contributed by atoms with Gasteiger partial charge in [-0.1, -0.05) is 20.4 Å². The fraction of sp³-hybridized carbons (Fsp3) is 0.700. The molecular formula is C10H14O. The third-order valence-electron chi connectivity index (χ3n) is 3.63. The average molecular weight is 150 g/mol. The van der Waals surface area contributed by atoms with Crippen LogP contribution in [0.1, 0.15) is 26.7 Å². The Hall–Kier alpha value is -0.590. The summed E-state index contributed by atoms with van der Waals surface area (Å²) in [6, 6.07) is 0. The van der Waals surface area contributed by atoms with Gasteiger partial charge in [0.15, 0.2) is 5.78 Å². The first kappa shape index (κ1) is 7.08. The Bertz CT molecular complexity index is 237. The molecule has 0 aromatic heterocycles. The second-order valence-electron chi connectivity index (χ2n) is 4.48. The van der Waals surface area contributed by atoms with Crippen molar-refractivity contribution in [1.29, 1.82) is 0 Å². The first-order valence-corrected chi connectivity index (χ1v) is 4.25. The monoisotopic (exact) mass is 150 g/mol. The number of fused-ring (bicyclic) bond motifs is 2. The average Bonchev–Trinajstić information content (AvgIpc) is 1.93. The van der Waals surface area contributed by atoms with Crippen molar-refractivity contribution in [2.24, 2.45) is 17.3 Å². The molecule has 0 radical (unpaired) electrons. The Kier molecular flexibility index (Phi) is 1.14.